The van der Waals surface area contributed by atoms with E-state index in [4.69, 9.17) is 14.6 Å². The molecule has 0 aromatic heterocycles. The van der Waals surface area contributed by atoms with Crippen LogP contribution < -0.4 is 15.2 Å². The van der Waals surface area contributed by atoms with Gasteiger partial charge in [0.2, 0.25) is 10.0 Å². The molecule has 0 saturated heterocycles. The first-order chi connectivity index (χ1) is 12.7. The lowest BCUT2D eigenvalue weighted by atomic mass is 10.2. The molecule has 2 rings (SSSR count). The third-order valence-electron chi connectivity index (χ3n) is 3.57. The molecule has 144 valence electrons. The summed E-state index contributed by atoms with van der Waals surface area (Å²) in [5.41, 5.74) is 1.21. The summed E-state index contributed by atoms with van der Waals surface area (Å²) in [7, 11) is -3.81. The third kappa shape index (κ3) is 6.08. The van der Waals surface area contributed by atoms with Crippen LogP contribution >= 0.6 is 0 Å². The maximum atomic E-state index is 12.1. The molecule has 27 heavy (non-hydrogen) atoms. The molecule has 1 unspecified atom stereocenters. The molecule has 0 aliphatic carbocycles. The number of amides is 1. The van der Waals surface area contributed by atoms with E-state index in [1.54, 1.807) is 12.1 Å². The number of carbonyl (C=O) groups is 2. The van der Waals surface area contributed by atoms with Crippen molar-refractivity contribution in [2.24, 2.45) is 5.14 Å². The van der Waals surface area contributed by atoms with Gasteiger partial charge in [0.15, 0.2) is 12.7 Å². The molecule has 8 nitrogen and oxygen atoms in total. The van der Waals surface area contributed by atoms with Crippen LogP contribution in [-0.4, -0.2) is 33.0 Å². The summed E-state index contributed by atoms with van der Waals surface area (Å²) in [6.07, 6.45) is -1.06. The lowest BCUT2D eigenvalue weighted by Gasteiger charge is -2.14. The van der Waals surface area contributed by atoms with Gasteiger partial charge >= 0.3 is 5.97 Å². The number of aryl methyl sites for hydroxylation is 1. The standard InChI is InChI=1S/C18H20N2O6S/c1-12-5-3-4-6-16(12)25-11-17(21)26-13(2)18(22)20-14-7-9-15(10-8-14)27(19,23)24/h3-10,13H,11H2,1-2H3,(H,20,22)(H2,19,23,24). The summed E-state index contributed by atoms with van der Waals surface area (Å²) in [6, 6.07) is 12.5. The second-order valence-electron chi connectivity index (χ2n) is 5.74. The predicted octanol–water partition coefficient (Wildman–Crippen LogP) is 1.59. The number of primary sulfonamides is 1. The number of sulfonamides is 1. The van der Waals surface area contributed by atoms with Gasteiger partial charge in [-0.3, -0.25) is 4.79 Å². The predicted molar refractivity (Wildman–Crippen MR) is 98.7 cm³/mol. The molecule has 0 bridgehead atoms. The zero-order valence-corrected chi connectivity index (χ0v) is 15.7. The Balaban J connectivity index is 1.86. The molecule has 0 heterocycles. The highest BCUT2D eigenvalue weighted by atomic mass is 32.2. The Labute approximate surface area is 157 Å². The second kappa shape index (κ2) is 8.65. The molecular weight excluding hydrogens is 372 g/mol. The van der Waals surface area contributed by atoms with Gasteiger partial charge in [0.1, 0.15) is 5.75 Å². The summed E-state index contributed by atoms with van der Waals surface area (Å²) in [5.74, 6) is -0.699. The van der Waals surface area contributed by atoms with Gasteiger partial charge in [0.05, 0.1) is 4.90 Å². The van der Waals surface area contributed by atoms with Gasteiger partial charge in [0.25, 0.3) is 5.91 Å². The van der Waals surface area contributed by atoms with Gasteiger partial charge in [0, 0.05) is 5.69 Å². The number of esters is 1. The Bertz CT molecular complexity index is 925. The molecule has 3 N–H and O–H groups in total. The quantitative estimate of drug-likeness (QED) is 0.690. The van der Waals surface area contributed by atoms with Gasteiger partial charge in [-0.25, -0.2) is 18.4 Å². The number of hydrogen-bond acceptors (Lipinski definition) is 6. The maximum Gasteiger partial charge on any atom is 0.344 e. The van der Waals surface area contributed by atoms with Crippen LogP contribution in [0.25, 0.3) is 0 Å². The highest BCUT2D eigenvalue weighted by Crippen LogP contribution is 2.16. The Hall–Kier alpha value is -2.91. The van der Waals surface area contributed by atoms with E-state index in [-0.39, 0.29) is 11.5 Å². The van der Waals surface area contributed by atoms with E-state index in [0.29, 0.717) is 11.4 Å². The Kier molecular flexibility index (Phi) is 6.54. The van der Waals surface area contributed by atoms with Gasteiger partial charge < -0.3 is 14.8 Å². The van der Waals surface area contributed by atoms with Crippen molar-refractivity contribution < 1.29 is 27.5 Å². The van der Waals surface area contributed by atoms with Crippen molar-refractivity contribution in [3.05, 3.63) is 54.1 Å². The molecule has 2 aromatic rings. The van der Waals surface area contributed by atoms with Crippen LogP contribution in [0.1, 0.15) is 12.5 Å². The Morgan fingerprint density at radius 2 is 1.74 bits per heavy atom. The number of nitrogens with two attached hydrogens (primary N) is 1. The Morgan fingerprint density at radius 3 is 2.33 bits per heavy atom. The number of nitrogens with one attached hydrogen (secondary N) is 1. The number of hydrogen-bond donors (Lipinski definition) is 2. The van der Waals surface area contributed by atoms with E-state index in [1.165, 1.54) is 31.2 Å². The smallest absolute Gasteiger partial charge is 0.344 e. The summed E-state index contributed by atoms with van der Waals surface area (Å²) in [6.45, 7) is 2.93. The minimum absolute atomic E-state index is 0.0756. The number of ether oxygens (including phenoxy) is 2. The normalized spacial score (nSPS) is 12.1. The minimum atomic E-state index is -3.81. The second-order valence-corrected chi connectivity index (χ2v) is 7.31. The average Bonchev–Trinajstić information content (AvgIpc) is 2.60. The van der Waals surface area contributed by atoms with E-state index >= 15 is 0 Å². The van der Waals surface area contributed by atoms with Crippen molar-refractivity contribution in [3.63, 3.8) is 0 Å². The van der Waals surface area contributed by atoms with Crippen LogP contribution in [-0.2, 0) is 24.3 Å². The van der Waals surface area contributed by atoms with Crippen molar-refractivity contribution in [1.82, 2.24) is 0 Å². The molecule has 0 aliphatic heterocycles. The van der Waals surface area contributed by atoms with Gasteiger partial charge in [-0.05, 0) is 49.7 Å². The first-order valence-electron chi connectivity index (χ1n) is 7.98. The molecule has 0 fully saturated rings. The van der Waals surface area contributed by atoms with Crippen molar-refractivity contribution in [2.45, 2.75) is 24.8 Å². The topological polar surface area (TPSA) is 125 Å². The first-order valence-corrected chi connectivity index (χ1v) is 9.53. The fourth-order valence-electron chi connectivity index (χ4n) is 2.11. The lowest BCUT2D eigenvalue weighted by molar-refractivity contribution is -0.155. The molecule has 0 aliphatic rings. The minimum Gasteiger partial charge on any atom is -0.482 e. The number of benzene rings is 2. The molecule has 0 spiro atoms. The average molecular weight is 392 g/mol. The van der Waals surface area contributed by atoms with Crippen LogP contribution in [0.4, 0.5) is 5.69 Å². The van der Waals surface area contributed by atoms with Crippen molar-refractivity contribution in [1.29, 1.82) is 0 Å². The SMILES string of the molecule is Cc1ccccc1OCC(=O)OC(C)C(=O)Nc1ccc(S(N)(=O)=O)cc1. The Morgan fingerprint density at radius 1 is 1.11 bits per heavy atom. The van der Waals surface area contributed by atoms with Gasteiger partial charge in [-0.1, -0.05) is 18.2 Å². The van der Waals surface area contributed by atoms with E-state index in [2.05, 4.69) is 5.32 Å². The monoisotopic (exact) mass is 392 g/mol. The van der Waals surface area contributed by atoms with Crippen molar-refractivity contribution in [2.75, 3.05) is 11.9 Å². The highest BCUT2D eigenvalue weighted by Gasteiger charge is 2.19. The largest absolute Gasteiger partial charge is 0.482 e. The van der Waals surface area contributed by atoms with Crippen LogP contribution in [0, 0.1) is 6.92 Å². The van der Waals surface area contributed by atoms with Crippen LogP contribution in [0.5, 0.6) is 5.75 Å². The number of anilines is 1. The van der Waals surface area contributed by atoms with E-state index in [0.717, 1.165) is 5.56 Å². The molecule has 1 amide bonds. The molecule has 2 aromatic carbocycles. The van der Waals surface area contributed by atoms with Crippen molar-refractivity contribution >= 4 is 27.6 Å². The number of rotatable bonds is 7. The van der Waals surface area contributed by atoms with Crippen LogP contribution in [0.3, 0.4) is 0 Å². The molecular formula is C18H20N2O6S. The lowest BCUT2D eigenvalue weighted by Crippen LogP contribution is -2.31. The zero-order chi connectivity index (χ0) is 20.0. The molecule has 9 heteroatoms. The van der Waals surface area contributed by atoms with Gasteiger partial charge in [-0.15, -0.1) is 0 Å². The zero-order valence-electron chi connectivity index (χ0n) is 14.8. The summed E-state index contributed by atoms with van der Waals surface area (Å²) < 4.78 is 32.8. The first kappa shape index (κ1) is 20.4. The molecule has 0 saturated carbocycles. The highest BCUT2D eigenvalue weighted by molar-refractivity contribution is 7.89. The van der Waals surface area contributed by atoms with E-state index in [9.17, 15) is 18.0 Å². The number of carbonyl (C=O) groups excluding carboxylic acids is 2. The molecule has 0 radical (unpaired) electrons. The van der Waals surface area contributed by atoms with E-state index < -0.39 is 28.0 Å². The molecule has 1 atom stereocenters. The maximum absolute atomic E-state index is 12.1. The fraction of sp³-hybridized carbons (Fsp3) is 0.222. The van der Waals surface area contributed by atoms with E-state index in [1.807, 2.05) is 19.1 Å². The van der Waals surface area contributed by atoms with Gasteiger partial charge in [-0.2, -0.15) is 0 Å². The van der Waals surface area contributed by atoms with Crippen LogP contribution in [0.15, 0.2) is 53.4 Å². The summed E-state index contributed by atoms with van der Waals surface area (Å²) in [5, 5.41) is 7.52. The van der Waals surface area contributed by atoms with Crippen LogP contribution in [0.2, 0.25) is 0 Å². The summed E-state index contributed by atoms with van der Waals surface area (Å²) in [4.78, 5) is 23.9. The summed E-state index contributed by atoms with van der Waals surface area (Å²) >= 11 is 0. The van der Waals surface area contributed by atoms with Crippen molar-refractivity contribution in [3.8, 4) is 5.75 Å². The number of para-hydroxylation sites is 1. The fourth-order valence-corrected chi connectivity index (χ4v) is 2.63. The third-order valence-corrected chi connectivity index (χ3v) is 4.50.